The molecule has 0 spiro atoms. The molecule has 4 heteroatoms. The molecule has 0 aliphatic rings. The molecule has 0 unspecified atom stereocenters. The van der Waals surface area contributed by atoms with Gasteiger partial charge < -0.3 is 0 Å². The second kappa shape index (κ2) is 3.88. The van der Waals surface area contributed by atoms with Crippen LogP contribution in [0.2, 0.25) is 0 Å². The zero-order valence-electron chi connectivity index (χ0n) is 4.24. The van der Waals surface area contributed by atoms with Crippen LogP contribution in [-0.4, -0.2) is 21.1 Å². The average Bonchev–Trinajstić information content (AvgIpc) is 1.67. The van der Waals surface area contributed by atoms with Gasteiger partial charge in [0, 0.05) is 0 Å². The van der Waals surface area contributed by atoms with Gasteiger partial charge in [-0.25, -0.2) is 5.06 Å². The zero-order chi connectivity index (χ0) is 6.57. The average molecular weight is 149 g/mol. The predicted molar refractivity (Wildman–Crippen MR) is 40.3 cm³/mol. The van der Waals surface area contributed by atoms with Gasteiger partial charge in [0.05, 0.1) is 6.54 Å². The van der Waals surface area contributed by atoms with Crippen LogP contribution in [0.5, 0.6) is 0 Å². The third kappa shape index (κ3) is 3.01. The Morgan fingerprint density at radius 1 is 2.00 bits per heavy atom. The first-order valence-electron chi connectivity index (χ1n) is 1.98. The minimum absolute atomic E-state index is 0.157. The second-order valence-corrected chi connectivity index (χ2v) is 2.27. The van der Waals surface area contributed by atoms with Crippen LogP contribution in [0.3, 0.4) is 0 Å². The van der Waals surface area contributed by atoms with E-state index in [0.29, 0.717) is 6.54 Å². The minimum Gasteiger partial charge on any atom is -0.287 e. The van der Waals surface area contributed by atoms with Gasteiger partial charge in [0.25, 0.3) is 0 Å². The Morgan fingerprint density at radius 2 is 2.50 bits per heavy atom. The van der Waals surface area contributed by atoms with E-state index < -0.39 is 0 Å². The lowest BCUT2D eigenvalue weighted by molar-refractivity contribution is 0.00430. The van der Waals surface area contributed by atoms with Gasteiger partial charge >= 0.3 is 0 Å². The van der Waals surface area contributed by atoms with Crippen LogP contribution in [-0.2, 0) is 0 Å². The summed E-state index contributed by atoms with van der Waals surface area (Å²) in [7, 11) is 0. The molecule has 8 heavy (non-hydrogen) atoms. The maximum absolute atomic E-state index is 8.67. The van der Waals surface area contributed by atoms with Crippen molar-refractivity contribution in [2.75, 3.05) is 6.54 Å². The molecule has 0 saturated carbocycles. The van der Waals surface area contributed by atoms with Gasteiger partial charge in [-0.15, -0.1) is 19.2 Å². The summed E-state index contributed by atoms with van der Waals surface area (Å²) in [5, 5.41) is 9.50. The highest BCUT2D eigenvalue weighted by atomic mass is 32.1. The Bertz CT molecular complexity index is 104. The topological polar surface area (TPSA) is 23.5 Å². The predicted octanol–water partition coefficient (Wildman–Crippen LogP) is 1.08. The number of thiocarbonyl (C=S) groups is 1. The van der Waals surface area contributed by atoms with E-state index >= 15 is 0 Å². The van der Waals surface area contributed by atoms with Crippen LogP contribution >= 0.6 is 24.8 Å². The van der Waals surface area contributed by atoms with Crippen molar-refractivity contribution in [2.45, 2.75) is 0 Å². The molecule has 0 rings (SSSR count). The highest BCUT2D eigenvalue weighted by Gasteiger charge is 1.94. The van der Waals surface area contributed by atoms with Gasteiger partial charge in [-0.2, -0.15) is 0 Å². The van der Waals surface area contributed by atoms with Crippen LogP contribution in [0, 0.1) is 0 Å². The Balaban J connectivity index is 3.46. The third-order valence-electron chi connectivity index (χ3n) is 0.523. The van der Waals surface area contributed by atoms with Crippen molar-refractivity contribution in [2.24, 2.45) is 0 Å². The van der Waals surface area contributed by atoms with Crippen LogP contribution < -0.4 is 0 Å². The van der Waals surface area contributed by atoms with Crippen LogP contribution in [0.1, 0.15) is 0 Å². The number of hydrogen-bond acceptors (Lipinski definition) is 2. The monoisotopic (exact) mass is 149 g/mol. The van der Waals surface area contributed by atoms with Crippen molar-refractivity contribution in [3.8, 4) is 0 Å². The quantitative estimate of drug-likeness (QED) is 0.266. The lowest BCUT2D eigenvalue weighted by Gasteiger charge is -2.09. The normalized spacial score (nSPS) is 8.25. The highest BCUT2D eigenvalue weighted by Crippen LogP contribution is 1.89. The molecule has 0 radical (unpaired) electrons. The first-order valence-corrected chi connectivity index (χ1v) is 2.84. The molecule has 0 aromatic carbocycles. The van der Waals surface area contributed by atoms with Crippen molar-refractivity contribution in [3.63, 3.8) is 0 Å². The molecule has 0 amide bonds. The van der Waals surface area contributed by atoms with E-state index in [4.69, 9.17) is 5.21 Å². The second-order valence-electron chi connectivity index (χ2n) is 1.15. The molecule has 46 valence electrons. The molecule has 1 N–H and O–H groups in total. The molecule has 0 aliphatic heterocycles. The zero-order valence-corrected chi connectivity index (χ0v) is 5.95. The molecule has 0 aliphatic carbocycles. The summed E-state index contributed by atoms with van der Waals surface area (Å²) in [6, 6.07) is 0. The molecule has 2 nitrogen and oxygen atoms in total. The molecule has 0 fully saturated rings. The van der Waals surface area contributed by atoms with Gasteiger partial charge in [0.15, 0.2) is 4.32 Å². The molecule has 0 heterocycles. The van der Waals surface area contributed by atoms with Crippen molar-refractivity contribution >= 4 is 29.2 Å². The van der Waals surface area contributed by atoms with Gasteiger partial charge in [0.2, 0.25) is 0 Å². The van der Waals surface area contributed by atoms with Crippen molar-refractivity contribution in [1.29, 1.82) is 0 Å². The summed E-state index contributed by atoms with van der Waals surface area (Å²) in [5.74, 6) is 0. The van der Waals surface area contributed by atoms with E-state index in [1.54, 1.807) is 0 Å². The maximum Gasteiger partial charge on any atom is 0.157 e. The largest absolute Gasteiger partial charge is 0.287 e. The summed E-state index contributed by atoms with van der Waals surface area (Å²) in [6.07, 6.45) is 1.53. The lowest BCUT2D eigenvalue weighted by atomic mass is 10.6. The van der Waals surface area contributed by atoms with Crippen LogP contribution in [0.25, 0.3) is 0 Å². The molecule has 0 aromatic heterocycles. The van der Waals surface area contributed by atoms with E-state index in [-0.39, 0.29) is 4.32 Å². The first-order chi connectivity index (χ1) is 3.68. The van der Waals surface area contributed by atoms with Gasteiger partial charge in [-0.05, 0) is 0 Å². The number of nitrogens with zero attached hydrogens (tertiary/aromatic N) is 1. The van der Waals surface area contributed by atoms with Crippen LogP contribution in [0.4, 0.5) is 0 Å². The Hall–Kier alpha value is -0.0600. The van der Waals surface area contributed by atoms with Crippen molar-refractivity contribution in [3.05, 3.63) is 12.7 Å². The summed E-state index contributed by atoms with van der Waals surface area (Å²) in [6.45, 7) is 3.71. The number of thiol groups is 1. The Labute approximate surface area is 59.2 Å². The SMILES string of the molecule is C=CCN(O)C(=S)S. The molecule has 0 aromatic rings. The van der Waals surface area contributed by atoms with E-state index in [1.807, 2.05) is 0 Å². The van der Waals surface area contributed by atoms with Crippen molar-refractivity contribution in [1.82, 2.24) is 5.06 Å². The standard InChI is InChI=1S/C4H7NOS2/c1-2-3-5(6)4(7)8/h2,6H,1,3H2,(H,7,8). The van der Waals surface area contributed by atoms with Crippen LogP contribution in [0.15, 0.2) is 12.7 Å². The summed E-state index contributed by atoms with van der Waals surface area (Å²) < 4.78 is 0.157. The number of hydroxylamine groups is 2. The smallest absolute Gasteiger partial charge is 0.157 e. The fourth-order valence-electron chi connectivity index (χ4n) is 0.200. The number of rotatable bonds is 2. The van der Waals surface area contributed by atoms with Gasteiger partial charge in [-0.1, -0.05) is 18.3 Å². The molecular weight excluding hydrogens is 142 g/mol. The van der Waals surface area contributed by atoms with Gasteiger partial charge in [0.1, 0.15) is 0 Å². The van der Waals surface area contributed by atoms with E-state index in [2.05, 4.69) is 31.4 Å². The lowest BCUT2D eigenvalue weighted by Crippen LogP contribution is -2.20. The maximum atomic E-state index is 8.67. The summed E-state index contributed by atoms with van der Waals surface area (Å²) in [4.78, 5) is 0. The minimum atomic E-state index is 0.157. The summed E-state index contributed by atoms with van der Waals surface area (Å²) in [5.41, 5.74) is 0. The molecular formula is C4H7NOS2. The van der Waals surface area contributed by atoms with Crippen molar-refractivity contribution < 1.29 is 5.21 Å². The number of hydrogen-bond donors (Lipinski definition) is 2. The third-order valence-corrected chi connectivity index (χ3v) is 0.964. The molecule has 0 atom stereocenters. The fraction of sp³-hybridized carbons (Fsp3) is 0.250. The molecule has 0 bridgehead atoms. The highest BCUT2D eigenvalue weighted by molar-refractivity contribution is 8.10. The Kier molecular flexibility index (Phi) is 3.85. The molecule has 0 saturated heterocycles. The van der Waals surface area contributed by atoms with E-state index in [0.717, 1.165) is 5.06 Å². The summed E-state index contributed by atoms with van der Waals surface area (Å²) >= 11 is 8.16. The van der Waals surface area contributed by atoms with E-state index in [1.165, 1.54) is 6.08 Å². The first kappa shape index (κ1) is 7.94. The Morgan fingerprint density at radius 3 is 2.62 bits per heavy atom. The van der Waals surface area contributed by atoms with E-state index in [9.17, 15) is 0 Å². The van der Waals surface area contributed by atoms with Gasteiger partial charge in [-0.3, -0.25) is 5.21 Å². The fourth-order valence-corrected chi connectivity index (χ4v) is 0.357.